The molecule has 110 valence electrons. The third-order valence-electron chi connectivity index (χ3n) is 3.67. The molecule has 0 saturated heterocycles. The highest BCUT2D eigenvalue weighted by molar-refractivity contribution is 5.83. The largest absolute Gasteiger partial charge is 0.480 e. The lowest BCUT2D eigenvalue weighted by molar-refractivity contribution is -0.137. The number of aliphatic carboxylic acids is 1. The van der Waals surface area contributed by atoms with Crippen molar-refractivity contribution < 1.29 is 9.90 Å². The van der Waals surface area contributed by atoms with Gasteiger partial charge in [0, 0.05) is 12.1 Å². The summed E-state index contributed by atoms with van der Waals surface area (Å²) in [5.74, 6) is -0.850. The zero-order valence-corrected chi connectivity index (χ0v) is 12.1. The Morgan fingerprint density at radius 2 is 1.59 bits per heavy atom. The van der Waals surface area contributed by atoms with Crippen LogP contribution in [0.3, 0.4) is 0 Å². The summed E-state index contributed by atoms with van der Waals surface area (Å²) in [6.07, 6.45) is 0.440. The van der Waals surface area contributed by atoms with E-state index in [0.717, 1.165) is 22.0 Å². The summed E-state index contributed by atoms with van der Waals surface area (Å²) >= 11 is 0. The SMILES string of the molecule is O=C(O)[C@H](Cc1ccc2ccccc2c1)Nc1ccccc1. The molecule has 22 heavy (non-hydrogen) atoms. The number of hydrogen-bond donors (Lipinski definition) is 2. The first kappa shape index (κ1) is 14.1. The first-order valence-electron chi connectivity index (χ1n) is 7.24. The Hall–Kier alpha value is -2.81. The normalized spacial score (nSPS) is 12.0. The third kappa shape index (κ3) is 3.26. The molecule has 0 spiro atoms. The minimum Gasteiger partial charge on any atom is -0.480 e. The van der Waals surface area contributed by atoms with Gasteiger partial charge in [0.2, 0.25) is 0 Å². The molecule has 0 amide bonds. The van der Waals surface area contributed by atoms with E-state index in [1.165, 1.54) is 0 Å². The summed E-state index contributed by atoms with van der Waals surface area (Å²) in [6.45, 7) is 0. The Morgan fingerprint density at radius 3 is 2.32 bits per heavy atom. The van der Waals surface area contributed by atoms with Crippen LogP contribution in [0.25, 0.3) is 10.8 Å². The molecule has 0 aliphatic heterocycles. The summed E-state index contributed by atoms with van der Waals surface area (Å²) in [5, 5.41) is 14.8. The molecule has 3 aromatic carbocycles. The number of carbonyl (C=O) groups is 1. The molecule has 3 rings (SSSR count). The summed E-state index contributed by atoms with van der Waals surface area (Å²) in [7, 11) is 0. The number of carboxylic acid groups (broad SMARTS) is 1. The predicted octanol–water partition coefficient (Wildman–Crippen LogP) is 3.95. The third-order valence-corrected chi connectivity index (χ3v) is 3.67. The van der Waals surface area contributed by atoms with Gasteiger partial charge in [-0.15, -0.1) is 0 Å². The average Bonchev–Trinajstić information content (AvgIpc) is 2.55. The molecule has 0 heterocycles. The summed E-state index contributed by atoms with van der Waals surface area (Å²) in [6, 6.07) is 22.9. The zero-order valence-electron chi connectivity index (χ0n) is 12.1. The van der Waals surface area contributed by atoms with Gasteiger partial charge in [-0.05, 0) is 28.5 Å². The Kier molecular flexibility index (Phi) is 4.05. The first-order valence-corrected chi connectivity index (χ1v) is 7.24. The second-order valence-electron chi connectivity index (χ2n) is 5.29. The molecule has 0 saturated carbocycles. The molecule has 3 nitrogen and oxygen atoms in total. The highest BCUT2D eigenvalue weighted by Gasteiger charge is 2.17. The Morgan fingerprint density at radius 1 is 0.909 bits per heavy atom. The van der Waals surface area contributed by atoms with Crippen molar-refractivity contribution in [3.05, 3.63) is 78.4 Å². The van der Waals surface area contributed by atoms with E-state index in [1.54, 1.807) is 0 Å². The fraction of sp³-hybridized carbons (Fsp3) is 0.105. The fourth-order valence-electron chi connectivity index (χ4n) is 2.54. The van der Waals surface area contributed by atoms with Crippen molar-refractivity contribution in [3.63, 3.8) is 0 Å². The molecule has 0 radical (unpaired) electrons. The van der Waals surface area contributed by atoms with Crippen LogP contribution in [0.5, 0.6) is 0 Å². The lowest BCUT2D eigenvalue weighted by Crippen LogP contribution is -2.31. The number of hydrogen-bond acceptors (Lipinski definition) is 2. The van der Waals surface area contributed by atoms with Gasteiger partial charge in [0.05, 0.1) is 0 Å². The lowest BCUT2D eigenvalue weighted by Gasteiger charge is -2.16. The van der Waals surface area contributed by atoms with E-state index >= 15 is 0 Å². The maximum Gasteiger partial charge on any atom is 0.326 e. The smallest absolute Gasteiger partial charge is 0.326 e. The van der Waals surface area contributed by atoms with E-state index in [1.807, 2.05) is 60.7 Å². The molecule has 0 aliphatic carbocycles. The fourth-order valence-corrected chi connectivity index (χ4v) is 2.54. The monoisotopic (exact) mass is 291 g/mol. The molecule has 0 bridgehead atoms. The number of rotatable bonds is 5. The molecule has 3 aromatic rings. The number of para-hydroxylation sites is 1. The van der Waals surface area contributed by atoms with Crippen LogP contribution in [0.1, 0.15) is 5.56 Å². The molecular weight excluding hydrogens is 274 g/mol. The molecular formula is C19H17NO2. The number of carboxylic acids is 1. The molecule has 0 aliphatic rings. The van der Waals surface area contributed by atoms with Crippen molar-refractivity contribution >= 4 is 22.4 Å². The maximum atomic E-state index is 11.5. The van der Waals surface area contributed by atoms with Crippen molar-refractivity contribution in [2.75, 3.05) is 5.32 Å². The molecule has 0 unspecified atom stereocenters. The Labute approximate surface area is 129 Å². The van der Waals surface area contributed by atoms with Crippen LogP contribution >= 0.6 is 0 Å². The van der Waals surface area contributed by atoms with Gasteiger partial charge >= 0.3 is 5.97 Å². The van der Waals surface area contributed by atoms with Crippen LogP contribution in [0, 0.1) is 0 Å². The van der Waals surface area contributed by atoms with Crippen LogP contribution in [0.2, 0.25) is 0 Å². The van der Waals surface area contributed by atoms with Crippen molar-refractivity contribution in [1.29, 1.82) is 0 Å². The van der Waals surface area contributed by atoms with Crippen LogP contribution in [0.15, 0.2) is 72.8 Å². The van der Waals surface area contributed by atoms with Crippen LogP contribution < -0.4 is 5.32 Å². The summed E-state index contributed by atoms with van der Waals surface area (Å²) in [5.41, 5.74) is 1.82. The zero-order chi connectivity index (χ0) is 15.4. The average molecular weight is 291 g/mol. The minimum atomic E-state index is -0.850. The van der Waals surface area contributed by atoms with Crippen molar-refractivity contribution in [2.45, 2.75) is 12.5 Å². The van der Waals surface area contributed by atoms with E-state index in [-0.39, 0.29) is 0 Å². The maximum absolute atomic E-state index is 11.5. The molecule has 0 fully saturated rings. The second kappa shape index (κ2) is 6.31. The van der Waals surface area contributed by atoms with E-state index in [4.69, 9.17) is 0 Å². The van der Waals surface area contributed by atoms with E-state index in [2.05, 4.69) is 17.4 Å². The highest BCUT2D eigenvalue weighted by Crippen LogP contribution is 2.18. The topological polar surface area (TPSA) is 49.3 Å². The molecule has 1 atom stereocenters. The molecule has 2 N–H and O–H groups in total. The van der Waals surface area contributed by atoms with Gasteiger partial charge in [-0.2, -0.15) is 0 Å². The molecule has 0 aromatic heterocycles. The number of benzene rings is 3. The van der Waals surface area contributed by atoms with Crippen molar-refractivity contribution in [1.82, 2.24) is 0 Å². The van der Waals surface area contributed by atoms with Gasteiger partial charge in [0.1, 0.15) is 6.04 Å². The summed E-state index contributed by atoms with van der Waals surface area (Å²) < 4.78 is 0. The quantitative estimate of drug-likeness (QED) is 0.748. The van der Waals surface area contributed by atoms with Crippen LogP contribution in [-0.4, -0.2) is 17.1 Å². The van der Waals surface area contributed by atoms with Gasteiger partial charge in [0.15, 0.2) is 0 Å². The van der Waals surface area contributed by atoms with Gasteiger partial charge in [-0.1, -0.05) is 60.7 Å². The number of anilines is 1. The van der Waals surface area contributed by atoms with E-state index in [0.29, 0.717) is 6.42 Å². The Balaban J connectivity index is 1.81. The summed E-state index contributed by atoms with van der Waals surface area (Å²) in [4.78, 5) is 11.5. The van der Waals surface area contributed by atoms with Gasteiger partial charge in [-0.3, -0.25) is 0 Å². The van der Waals surface area contributed by atoms with E-state index in [9.17, 15) is 9.90 Å². The van der Waals surface area contributed by atoms with E-state index < -0.39 is 12.0 Å². The van der Waals surface area contributed by atoms with Crippen LogP contribution in [0.4, 0.5) is 5.69 Å². The minimum absolute atomic E-state index is 0.440. The predicted molar refractivity (Wildman–Crippen MR) is 89.1 cm³/mol. The first-order chi connectivity index (χ1) is 10.7. The number of nitrogens with one attached hydrogen (secondary N) is 1. The number of fused-ring (bicyclic) bond motifs is 1. The second-order valence-corrected chi connectivity index (χ2v) is 5.29. The van der Waals surface area contributed by atoms with Gasteiger partial charge < -0.3 is 10.4 Å². The van der Waals surface area contributed by atoms with Crippen LogP contribution in [-0.2, 0) is 11.2 Å². The Bertz CT molecular complexity index is 784. The highest BCUT2D eigenvalue weighted by atomic mass is 16.4. The molecule has 3 heteroatoms. The lowest BCUT2D eigenvalue weighted by atomic mass is 10.0. The van der Waals surface area contributed by atoms with Crippen molar-refractivity contribution in [2.24, 2.45) is 0 Å². The van der Waals surface area contributed by atoms with Gasteiger partial charge in [0.25, 0.3) is 0 Å². The standard InChI is InChI=1S/C19H17NO2/c21-19(22)18(20-17-8-2-1-3-9-17)13-14-10-11-15-6-4-5-7-16(15)12-14/h1-12,18,20H,13H2,(H,21,22)/t18-/m0/s1. The van der Waals surface area contributed by atoms with Gasteiger partial charge in [-0.25, -0.2) is 4.79 Å². The van der Waals surface area contributed by atoms with Crippen molar-refractivity contribution in [3.8, 4) is 0 Å².